The zero-order chi connectivity index (χ0) is 8.77. The first kappa shape index (κ1) is 7.52. The Morgan fingerprint density at radius 3 is 2.67 bits per heavy atom. The zero-order valence-electron chi connectivity index (χ0n) is 6.02. The zero-order valence-corrected chi connectivity index (χ0v) is 6.02. The van der Waals surface area contributed by atoms with E-state index in [2.05, 4.69) is 10.2 Å². The molecule has 0 aromatic rings. The van der Waals surface area contributed by atoms with Gasteiger partial charge in [0.2, 0.25) is 0 Å². The second-order valence-corrected chi connectivity index (χ2v) is 2.65. The summed E-state index contributed by atoms with van der Waals surface area (Å²) < 4.78 is 36.5. The Labute approximate surface area is 66.5 Å². The van der Waals surface area contributed by atoms with Crippen molar-refractivity contribution in [1.29, 1.82) is 0 Å². The SMILES string of the molecule is FC(F)(F)C1=NN=C2CCC=C21. The molecule has 0 saturated heterocycles. The first-order valence-corrected chi connectivity index (χ1v) is 3.51. The van der Waals surface area contributed by atoms with Gasteiger partial charge in [-0.1, -0.05) is 6.08 Å². The molecule has 0 aromatic heterocycles. The molecule has 2 nitrogen and oxygen atoms in total. The van der Waals surface area contributed by atoms with E-state index in [1.54, 1.807) is 0 Å². The van der Waals surface area contributed by atoms with Gasteiger partial charge >= 0.3 is 6.18 Å². The monoisotopic (exact) mass is 174 g/mol. The van der Waals surface area contributed by atoms with Crippen molar-refractivity contribution < 1.29 is 13.2 Å². The summed E-state index contributed by atoms with van der Waals surface area (Å²) >= 11 is 0. The standard InChI is InChI=1S/C7H5F3N2/c8-7(9,10)6-4-2-1-3-5(4)11-12-6/h2H,1,3H2. The highest BCUT2D eigenvalue weighted by molar-refractivity contribution is 6.29. The average Bonchev–Trinajstić information content (AvgIpc) is 2.37. The average molecular weight is 174 g/mol. The lowest BCUT2D eigenvalue weighted by Crippen LogP contribution is -2.24. The topological polar surface area (TPSA) is 24.7 Å². The maximum Gasteiger partial charge on any atom is 0.435 e. The summed E-state index contributed by atoms with van der Waals surface area (Å²) in [6, 6.07) is 0. The van der Waals surface area contributed by atoms with Gasteiger partial charge in [0.25, 0.3) is 0 Å². The minimum Gasteiger partial charge on any atom is -0.164 e. The van der Waals surface area contributed by atoms with E-state index < -0.39 is 11.9 Å². The number of hydrogen-bond donors (Lipinski definition) is 0. The highest BCUT2D eigenvalue weighted by Gasteiger charge is 2.42. The van der Waals surface area contributed by atoms with E-state index in [0.717, 1.165) is 0 Å². The van der Waals surface area contributed by atoms with Crippen molar-refractivity contribution in [2.45, 2.75) is 19.0 Å². The molecule has 0 saturated carbocycles. The summed E-state index contributed by atoms with van der Waals surface area (Å²) in [5, 5.41) is 6.56. The van der Waals surface area contributed by atoms with Crippen LogP contribution in [0.3, 0.4) is 0 Å². The molecule has 0 unspecified atom stereocenters. The van der Waals surface area contributed by atoms with Gasteiger partial charge < -0.3 is 0 Å². The Bertz CT molecular complexity index is 309. The lowest BCUT2D eigenvalue weighted by molar-refractivity contribution is -0.0579. The number of halogens is 3. The smallest absolute Gasteiger partial charge is 0.164 e. The molecule has 0 spiro atoms. The van der Waals surface area contributed by atoms with Gasteiger partial charge in [-0.25, -0.2) is 0 Å². The maximum atomic E-state index is 12.2. The lowest BCUT2D eigenvalue weighted by Gasteiger charge is -2.04. The highest BCUT2D eigenvalue weighted by Crippen LogP contribution is 2.31. The van der Waals surface area contributed by atoms with Crippen LogP contribution in [0.2, 0.25) is 0 Å². The van der Waals surface area contributed by atoms with Crippen LogP contribution in [0.1, 0.15) is 12.8 Å². The van der Waals surface area contributed by atoms with Crippen LogP contribution in [0.4, 0.5) is 13.2 Å². The fourth-order valence-electron chi connectivity index (χ4n) is 1.32. The Morgan fingerprint density at radius 2 is 2.00 bits per heavy atom. The second-order valence-electron chi connectivity index (χ2n) is 2.65. The van der Waals surface area contributed by atoms with Crippen LogP contribution in [-0.4, -0.2) is 17.6 Å². The van der Waals surface area contributed by atoms with Crippen LogP contribution >= 0.6 is 0 Å². The molecule has 2 aliphatic rings. The molecule has 0 fully saturated rings. The molecule has 1 heterocycles. The third kappa shape index (κ3) is 0.964. The maximum absolute atomic E-state index is 12.2. The summed E-state index contributed by atoms with van der Waals surface area (Å²) in [5.74, 6) is 0. The fourth-order valence-corrected chi connectivity index (χ4v) is 1.32. The number of alkyl halides is 3. The fraction of sp³-hybridized carbons (Fsp3) is 0.429. The number of fused-ring (bicyclic) bond motifs is 1. The summed E-state index contributed by atoms with van der Waals surface area (Å²) in [5.41, 5.74) is -0.181. The molecular formula is C7H5F3N2. The molecule has 0 radical (unpaired) electrons. The van der Waals surface area contributed by atoms with Crippen LogP contribution in [0, 0.1) is 0 Å². The van der Waals surface area contributed by atoms with Gasteiger partial charge in [-0.15, -0.1) is 5.10 Å². The Hall–Kier alpha value is -1.13. The molecule has 0 N–H and O–H groups in total. The van der Waals surface area contributed by atoms with E-state index in [1.807, 2.05) is 0 Å². The quantitative estimate of drug-likeness (QED) is 0.537. The van der Waals surface area contributed by atoms with Gasteiger partial charge in [0.1, 0.15) is 0 Å². The number of nitrogens with zero attached hydrogens (tertiary/aromatic N) is 2. The summed E-state index contributed by atoms with van der Waals surface area (Å²) in [7, 11) is 0. The molecule has 0 amide bonds. The minimum absolute atomic E-state index is 0.183. The Morgan fingerprint density at radius 1 is 1.25 bits per heavy atom. The van der Waals surface area contributed by atoms with E-state index in [9.17, 15) is 13.2 Å². The van der Waals surface area contributed by atoms with Gasteiger partial charge in [0.05, 0.1) is 5.71 Å². The van der Waals surface area contributed by atoms with Crippen molar-refractivity contribution in [3.05, 3.63) is 11.6 Å². The molecule has 1 aliphatic carbocycles. The predicted molar refractivity (Wildman–Crippen MR) is 38.2 cm³/mol. The van der Waals surface area contributed by atoms with Gasteiger partial charge in [0, 0.05) is 5.57 Å². The molecule has 12 heavy (non-hydrogen) atoms. The molecular weight excluding hydrogens is 169 g/mol. The van der Waals surface area contributed by atoms with Gasteiger partial charge in [-0.2, -0.15) is 18.3 Å². The third-order valence-electron chi connectivity index (χ3n) is 1.83. The van der Waals surface area contributed by atoms with Crippen molar-refractivity contribution in [1.82, 2.24) is 0 Å². The third-order valence-corrected chi connectivity index (χ3v) is 1.83. The first-order valence-electron chi connectivity index (χ1n) is 3.51. The van der Waals surface area contributed by atoms with Gasteiger partial charge in [0.15, 0.2) is 5.71 Å². The van der Waals surface area contributed by atoms with Crippen LogP contribution in [-0.2, 0) is 0 Å². The molecule has 2 rings (SSSR count). The van der Waals surface area contributed by atoms with Crippen molar-refractivity contribution in [3.63, 3.8) is 0 Å². The van der Waals surface area contributed by atoms with Crippen LogP contribution in [0.25, 0.3) is 0 Å². The molecule has 0 bridgehead atoms. The predicted octanol–water partition coefficient (Wildman–Crippen LogP) is 2.08. The van der Waals surface area contributed by atoms with E-state index in [4.69, 9.17) is 0 Å². The second kappa shape index (κ2) is 2.18. The normalized spacial score (nSPS) is 21.8. The van der Waals surface area contributed by atoms with Gasteiger partial charge in [-0.05, 0) is 12.8 Å². The summed E-state index contributed by atoms with van der Waals surface area (Å²) in [4.78, 5) is 0. The highest BCUT2D eigenvalue weighted by atomic mass is 19.4. The minimum atomic E-state index is -4.36. The molecule has 0 atom stereocenters. The van der Waals surface area contributed by atoms with E-state index >= 15 is 0 Å². The largest absolute Gasteiger partial charge is 0.435 e. The van der Waals surface area contributed by atoms with Crippen molar-refractivity contribution >= 4 is 11.4 Å². The van der Waals surface area contributed by atoms with Crippen molar-refractivity contribution in [2.75, 3.05) is 0 Å². The molecule has 5 heteroatoms. The van der Waals surface area contributed by atoms with Crippen molar-refractivity contribution in [3.8, 4) is 0 Å². The van der Waals surface area contributed by atoms with E-state index in [0.29, 0.717) is 18.6 Å². The van der Waals surface area contributed by atoms with Gasteiger partial charge in [-0.3, -0.25) is 0 Å². The summed E-state index contributed by atoms with van der Waals surface area (Å²) in [6.07, 6.45) is -1.60. The Balaban J connectivity index is 2.35. The Kier molecular flexibility index (Phi) is 1.37. The molecule has 64 valence electrons. The van der Waals surface area contributed by atoms with Crippen molar-refractivity contribution in [2.24, 2.45) is 10.2 Å². The van der Waals surface area contributed by atoms with Crippen LogP contribution < -0.4 is 0 Å². The number of rotatable bonds is 0. The lowest BCUT2D eigenvalue weighted by atomic mass is 10.1. The van der Waals surface area contributed by atoms with E-state index in [1.165, 1.54) is 6.08 Å². The first-order chi connectivity index (χ1) is 5.59. The summed E-state index contributed by atoms with van der Waals surface area (Å²) in [6.45, 7) is 0. The number of hydrogen-bond acceptors (Lipinski definition) is 2. The van der Waals surface area contributed by atoms with Crippen LogP contribution in [0.5, 0.6) is 0 Å². The molecule has 1 aliphatic heterocycles. The molecule has 0 aromatic carbocycles. The van der Waals surface area contributed by atoms with E-state index in [-0.39, 0.29) is 5.57 Å². The number of allylic oxidation sites excluding steroid dienone is 2. The van der Waals surface area contributed by atoms with Crippen LogP contribution in [0.15, 0.2) is 21.9 Å².